The molecule has 0 aromatic rings. The Kier molecular flexibility index (Phi) is 3.53. The van der Waals surface area contributed by atoms with Gasteiger partial charge in [0.15, 0.2) is 0 Å². The predicted octanol–water partition coefficient (Wildman–Crippen LogP) is 1.24. The number of carbonyl (C=O) groups is 1. The first-order valence-corrected chi connectivity index (χ1v) is 5.51. The van der Waals surface area contributed by atoms with E-state index >= 15 is 0 Å². The van der Waals surface area contributed by atoms with Crippen molar-refractivity contribution in [2.45, 2.75) is 40.2 Å². The fraction of sp³-hybridized carbons (Fsp3) is 0.909. The van der Waals surface area contributed by atoms with E-state index in [1.165, 1.54) is 0 Å². The number of hydrogen-bond acceptors (Lipinski definition) is 2. The molecule has 0 radical (unpaired) electrons. The van der Waals surface area contributed by atoms with Gasteiger partial charge in [0.25, 0.3) is 0 Å². The Balaban J connectivity index is 2.67. The van der Waals surface area contributed by atoms with Crippen LogP contribution in [0.15, 0.2) is 0 Å². The first-order valence-electron chi connectivity index (χ1n) is 5.51. The SMILES string of the molecule is CCC(C)(C)C(=O)N1CCNC[C@@H]1C. The van der Waals surface area contributed by atoms with Crippen LogP contribution in [-0.2, 0) is 4.79 Å². The van der Waals surface area contributed by atoms with Crippen molar-refractivity contribution in [3.63, 3.8) is 0 Å². The molecule has 1 N–H and O–H groups in total. The number of rotatable bonds is 2. The average molecular weight is 198 g/mol. The van der Waals surface area contributed by atoms with Crippen molar-refractivity contribution in [1.29, 1.82) is 0 Å². The number of nitrogens with one attached hydrogen (secondary N) is 1. The molecule has 0 spiro atoms. The number of carbonyl (C=O) groups excluding carboxylic acids is 1. The Hall–Kier alpha value is -0.570. The van der Waals surface area contributed by atoms with Gasteiger partial charge < -0.3 is 10.2 Å². The Labute approximate surface area is 86.9 Å². The van der Waals surface area contributed by atoms with Crippen molar-refractivity contribution in [1.82, 2.24) is 10.2 Å². The minimum absolute atomic E-state index is 0.203. The average Bonchev–Trinajstić information content (AvgIpc) is 2.17. The molecule has 1 amide bonds. The van der Waals surface area contributed by atoms with Gasteiger partial charge in [-0.25, -0.2) is 0 Å². The molecular weight excluding hydrogens is 176 g/mol. The summed E-state index contributed by atoms with van der Waals surface area (Å²) in [6.45, 7) is 10.9. The highest BCUT2D eigenvalue weighted by molar-refractivity contribution is 5.82. The summed E-state index contributed by atoms with van der Waals surface area (Å²) >= 11 is 0. The van der Waals surface area contributed by atoms with Crippen LogP contribution in [0.1, 0.15) is 34.1 Å². The molecule has 0 aliphatic carbocycles. The molecule has 14 heavy (non-hydrogen) atoms. The van der Waals surface area contributed by atoms with Gasteiger partial charge >= 0.3 is 0 Å². The predicted molar refractivity (Wildman–Crippen MR) is 58.1 cm³/mol. The second kappa shape index (κ2) is 4.30. The summed E-state index contributed by atoms with van der Waals surface area (Å²) in [6, 6.07) is 0.335. The third kappa shape index (κ3) is 2.27. The van der Waals surface area contributed by atoms with E-state index < -0.39 is 0 Å². The van der Waals surface area contributed by atoms with Gasteiger partial charge in [0.05, 0.1) is 0 Å². The molecule has 0 unspecified atom stereocenters. The van der Waals surface area contributed by atoms with Crippen LogP contribution >= 0.6 is 0 Å². The molecular formula is C11H22N2O. The smallest absolute Gasteiger partial charge is 0.228 e. The normalized spacial score (nSPS) is 23.7. The summed E-state index contributed by atoms with van der Waals surface area (Å²) < 4.78 is 0. The lowest BCUT2D eigenvalue weighted by atomic mass is 9.88. The largest absolute Gasteiger partial charge is 0.337 e. The minimum Gasteiger partial charge on any atom is -0.337 e. The van der Waals surface area contributed by atoms with Crippen molar-refractivity contribution in [3.05, 3.63) is 0 Å². The Morgan fingerprint density at radius 2 is 2.21 bits per heavy atom. The summed E-state index contributed by atoms with van der Waals surface area (Å²) in [4.78, 5) is 14.2. The molecule has 1 fully saturated rings. The molecule has 0 aromatic carbocycles. The van der Waals surface area contributed by atoms with Gasteiger partial charge in [-0.2, -0.15) is 0 Å². The molecule has 3 heteroatoms. The first kappa shape index (κ1) is 11.5. The van der Waals surface area contributed by atoms with E-state index in [0.29, 0.717) is 11.9 Å². The fourth-order valence-corrected chi connectivity index (χ4v) is 1.68. The van der Waals surface area contributed by atoms with Crippen LogP contribution in [0, 0.1) is 5.41 Å². The monoisotopic (exact) mass is 198 g/mol. The zero-order chi connectivity index (χ0) is 10.8. The molecule has 1 saturated heterocycles. The van der Waals surface area contributed by atoms with E-state index in [2.05, 4.69) is 19.2 Å². The van der Waals surface area contributed by atoms with Gasteiger partial charge in [0, 0.05) is 31.1 Å². The van der Waals surface area contributed by atoms with Crippen molar-refractivity contribution in [3.8, 4) is 0 Å². The van der Waals surface area contributed by atoms with Crippen molar-refractivity contribution >= 4 is 5.91 Å². The van der Waals surface area contributed by atoms with E-state index in [1.807, 2.05) is 18.7 Å². The van der Waals surface area contributed by atoms with Gasteiger partial charge in [-0.3, -0.25) is 4.79 Å². The summed E-state index contributed by atoms with van der Waals surface area (Å²) in [5, 5.41) is 3.29. The molecule has 0 saturated carbocycles. The van der Waals surface area contributed by atoms with Crippen LogP contribution in [0.2, 0.25) is 0 Å². The molecule has 1 aliphatic heterocycles. The maximum Gasteiger partial charge on any atom is 0.228 e. The molecule has 1 atom stereocenters. The number of nitrogens with zero attached hydrogens (tertiary/aromatic N) is 1. The highest BCUT2D eigenvalue weighted by Gasteiger charge is 2.33. The van der Waals surface area contributed by atoms with Gasteiger partial charge in [0.1, 0.15) is 0 Å². The quantitative estimate of drug-likeness (QED) is 0.724. The van der Waals surface area contributed by atoms with Crippen LogP contribution in [0.3, 0.4) is 0 Å². The van der Waals surface area contributed by atoms with E-state index in [0.717, 1.165) is 26.1 Å². The van der Waals surface area contributed by atoms with Gasteiger partial charge in [-0.1, -0.05) is 20.8 Å². The summed E-state index contributed by atoms with van der Waals surface area (Å²) in [5.41, 5.74) is -0.203. The van der Waals surface area contributed by atoms with Gasteiger partial charge in [-0.15, -0.1) is 0 Å². The highest BCUT2D eigenvalue weighted by atomic mass is 16.2. The second-order valence-electron chi connectivity index (χ2n) is 4.79. The maximum absolute atomic E-state index is 12.2. The number of hydrogen-bond donors (Lipinski definition) is 1. The molecule has 1 aliphatic rings. The van der Waals surface area contributed by atoms with E-state index in [4.69, 9.17) is 0 Å². The minimum atomic E-state index is -0.203. The summed E-state index contributed by atoms with van der Waals surface area (Å²) in [5.74, 6) is 0.300. The van der Waals surface area contributed by atoms with E-state index in [9.17, 15) is 4.79 Å². The maximum atomic E-state index is 12.2. The fourth-order valence-electron chi connectivity index (χ4n) is 1.68. The molecule has 0 aromatic heterocycles. The zero-order valence-electron chi connectivity index (χ0n) is 9.76. The van der Waals surface area contributed by atoms with Crippen molar-refractivity contribution in [2.24, 2.45) is 5.41 Å². The lowest BCUT2D eigenvalue weighted by molar-refractivity contribution is -0.143. The third-order valence-electron chi connectivity index (χ3n) is 3.22. The Morgan fingerprint density at radius 3 is 2.71 bits per heavy atom. The Bertz CT molecular complexity index is 213. The lowest BCUT2D eigenvalue weighted by Gasteiger charge is -2.38. The molecule has 1 heterocycles. The van der Waals surface area contributed by atoms with Crippen LogP contribution in [0.5, 0.6) is 0 Å². The second-order valence-corrected chi connectivity index (χ2v) is 4.79. The van der Waals surface area contributed by atoms with Gasteiger partial charge in [0.2, 0.25) is 5.91 Å². The Morgan fingerprint density at radius 1 is 1.57 bits per heavy atom. The molecule has 1 rings (SSSR count). The third-order valence-corrected chi connectivity index (χ3v) is 3.22. The molecule has 0 bridgehead atoms. The topological polar surface area (TPSA) is 32.3 Å². The van der Waals surface area contributed by atoms with Crippen LogP contribution in [0.4, 0.5) is 0 Å². The summed E-state index contributed by atoms with van der Waals surface area (Å²) in [6.07, 6.45) is 0.905. The standard InChI is InChI=1S/C11H22N2O/c1-5-11(3,4)10(14)13-7-6-12-8-9(13)2/h9,12H,5-8H2,1-4H3/t9-/m0/s1. The first-order chi connectivity index (χ1) is 6.49. The zero-order valence-corrected chi connectivity index (χ0v) is 9.76. The molecule has 3 nitrogen and oxygen atoms in total. The van der Waals surface area contributed by atoms with Crippen LogP contribution in [-0.4, -0.2) is 36.5 Å². The van der Waals surface area contributed by atoms with E-state index in [1.54, 1.807) is 0 Å². The lowest BCUT2D eigenvalue weighted by Crippen LogP contribution is -2.55. The van der Waals surface area contributed by atoms with Gasteiger partial charge in [-0.05, 0) is 13.3 Å². The number of amides is 1. The number of piperazine rings is 1. The van der Waals surface area contributed by atoms with Crippen molar-refractivity contribution in [2.75, 3.05) is 19.6 Å². The van der Waals surface area contributed by atoms with Crippen LogP contribution < -0.4 is 5.32 Å². The highest BCUT2D eigenvalue weighted by Crippen LogP contribution is 2.24. The molecule has 82 valence electrons. The van der Waals surface area contributed by atoms with Crippen LogP contribution in [0.25, 0.3) is 0 Å². The van der Waals surface area contributed by atoms with E-state index in [-0.39, 0.29) is 5.41 Å². The summed E-state index contributed by atoms with van der Waals surface area (Å²) in [7, 11) is 0. The van der Waals surface area contributed by atoms with Crippen molar-refractivity contribution < 1.29 is 4.79 Å².